The number of allylic oxidation sites excluding steroid dienone is 4. The molecule has 1 aromatic rings. The fraction of sp³-hybridized carbons (Fsp3) is 0.412. The molecule has 1 aliphatic carbocycles. The topological polar surface area (TPSA) is 0 Å². The molecule has 0 atom stereocenters. The molecule has 0 saturated heterocycles. The highest BCUT2D eigenvalue weighted by atomic mass is 19.1. The van der Waals surface area contributed by atoms with E-state index in [0.717, 1.165) is 31.3 Å². The first kappa shape index (κ1) is 13.1. The van der Waals surface area contributed by atoms with Crippen molar-refractivity contribution in [2.75, 3.05) is 0 Å². The van der Waals surface area contributed by atoms with Gasteiger partial charge in [0.2, 0.25) is 0 Å². The van der Waals surface area contributed by atoms with Crippen LogP contribution in [0.25, 0.3) is 0 Å². The van der Waals surface area contributed by atoms with Crippen LogP contribution in [-0.4, -0.2) is 0 Å². The van der Waals surface area contributed by atoms with E-state index in [-0.39, 0.29) is 5.83 Å². The predicted molar refractivity (Wildman–Crippen MR) is 75.3 cm³/mol. The molecule has 0 heterocycles. The smallest absolute Gasteiger partial charge is 0.100 e. The molecule has 0 amide bonds. The summed E-state index contributed by atoms with van der Waals surface area (Å²) in [6.07, 6.45) is 9.59. The van der Waals surface area contributed by atoms with Crippen molar-refractivity contribution in [1.29, 1.82) is 0 Å². The van der Waals surface area contributed by atoms with Crippen LogP contribution in [0, 0.1) is 0 Å². The SMILES string of the molecule is CCCc1ccc(CCC2=CCCC(F)=C2)cc1. The zero-order chi connectivity index (χ0) is 12.8. The van der Waals surface area contributed by atoms with Gasteiger partial charge in [-0.25, -0.2) is 4.39 Å². The number of rotatable bonds is 5. The van der Waals surface area contributed by atoms with E-state index in [4.69, 9.17) is 0 Å². The second-order valence-corrected chi connectivity index (χ2v) is 4.98. The van der Waals surface area contributed by atoms with Crippen LogP contribution in [0.1, 0.15) is 43.7 Å². The van der Waals surface area contributed by atoms with Gasteiger partial charge in [0, 0.05) is 6.42 Å². The van der Waals surface area contributed by atoms with Crippen molar-refractivity contribution in [2.24, 2.45) is 0 Å². The average molecular weight is 244 g/mol. The van der Waals surface area contributed by atoms with E-state index in [9.17, 15) is 4.39 Å². The lowest BCUT2D eigenvalue weighted by Crippen LogP contribution is -1.93. The summed E-state index contributed by atoms with van der Waals surface area (Å²) < 4.78 is 13.1. The highest BCUT2D eigenvalue weighted by Gasteiger charge is 2.04. The Kier molecular flexibility index (Phi) is 4.74. The summed E-state index contributed by atoms with van der Waals surface area (Å²) in [4.78, 5) is 0. The molecule has 0 unspecified atom stereocenters. The second kappa shape index (κ2) is 6.53. The third-order valence-electron chi connectivity index (χ3n) is 3.40. The molecular weight excluding hydrogens is 223 g/mol. The molecule has 0 nitrogen and oxygen atoms in total. The predicted octanol–water partition coefficient (Wildman–Crippen LogP) is 5.15. The van der Waals surface area contributed by atoms with Crippen LogP contribution in [0.15, 0.2) is 47.8 Å². The highest BCUT2D eigenvalue weighted by Crippen LogP contribution is 2.21. The van der Waals surface area contributed by atoms with E-state index in [2.05, 4.69) is 37.3 Å². The summed E-state index contributed by atoms with van der Waals surface area (Å²) in [6.45, 7) is 2.20. The van der Waals surface area contributed by atoms with Crippen LogP contribution in [0.4, 0.5) is 4.39 Å². The van der Waals surface area contributed by atoms with Gasteiger partial charge in [-0.15, -0.1) is 0 Å². The lowest BCUT2D eigenvalue weighted by atomic mass is 9.98. The Balaban J connectivity index is 1.88. The van der Waals surface area contributed by atoms with Crippen LogP contribution in [0.3, 0.4) is 0 Å². The zero-order valence-electron chi connectivity index (χ0n) is 11.1. The Labute approximate surface area is 109 Å². The standard InChI is InChI=1S/C17H21F/c1-2-4-14-7-9-15(10-8-14)11-12-16-5-3-6-17(18)13-16/h5,7-10,13H,2-4,6,11-12H2,1H3. The van der Waals surface area contributed by atoms with Crippen molar-refractivity contribution in [3.05, 3.63) is 58.9 Å². The Morgan fingerprint density at radius 2 is 1.67 bits per heavy atom. The monoisotopic (exact) mass is 244 g/mol. The summed E-state index contributed by atoms with van der Waals surface area (Å²) in [5.74, 6) is 0.0331. The quantitative estimate of drug-likeness (QED) is 0.672. The molecule has 96 valence electrons. The van der Waals surface area contributed by atoms with E-state index in [1.54, 1.807) is 6.08 Å². The third kappa shape index (κ3) is 3.83. The van der Waals surface area contributed by atoms with Crippen LogP contribution in [0.2, 0.25) is 0 Å². The number of hydrogen-bond donors (Lipinski definition) is 0. The summed E-state index contributed by atoms with van der Waals surface area (Å²) in [6, 6.07) is 8.83. The molecule has 0 aliphatic heterocycles. The molecule has 1 heteroatoms. The van der Waals surface area contributed by atoms with Crippen LogP contribution in [0.5, 0.6) is 0 Å². The molecule has 1 aromatic carbocycles. The molecular formula is C17H21F. The van der Waals surface area contributed by atoms with Crippen molar-refractivity contribution >= 4 is 0 Å². The van der Waals surface area contributed by atoms with Gasteiger partial charge in [0.15, 0.2) is 0 Å². The van der Waals surface area contributed by atoms with Crippen LogP contribution in [-0.2, 0) is 12.8 Å². The number of halogens is 1. The van der Waals surface area contributed by atoms with Gasteiger partial charge < -0.3 is 0 Å². The van der Waals surface area contributed by atoms with Gasteiger partial charge in [0.1, 0.15) is 5.83 Å². The minimum absolute atomic E-state index is 0.0331. The fourth-order valence-electron chi connectivity index (χ4n) is 2.35. The molecule has 1 aliphatic rings. The molecule has 2 rings (SSSR count). The molecule has 0 saturated carbocycles. The number of benzene rings is 1. The molecule has 0 radical (unpaired) electrons. The Bertz CT molecular complexity index is 437. The first-order chi connectivity index (χ1) is 8.78. The van der Waals surface area contributed by atoms with Gasteiger partial charge in [-0.3, -0.25) is 0 Å². The van der Waals surface area contributed by atoms with Gasteiger partial charge in [0.05, 0.1) is 0 Å². The zero-order valence-corrected chi connectivity index (χ0v) is 11.1. The molecule has 0 bridgehead atoms. The Morgan fingerprint density at radius 3 is 2.28 bits per heavy atom. The first-order valence-corrected chi connectivity index (χ1v) is 6.91. The van der Waals surface area contributed by atoms with Gasteiger partial charge in [-0.2, -0.15) is 0 Å². The maximum Gasteiger partial charge on any atom is 0.100 e. The maximum atomic E-state index is 13.1. The van der Waals surface area contributed by atoms with Crippen LogP contribution < -0.4 is 0 Å². The van der Waals surface area contributed by atoms with Crippen molar-refractivity contribution in [3.63, 3.8) is 0 Å². The van der Waals surface area contributed by atoms with E-state index >= 15 is 0 Å². The Hall–Kier alpha value is -1.37. The van der Waals surface area contributed by atoms with Gasteiger partial charge >= 0.3 is 0 Å². The fourth-order valence-corrected chi connectivity index (χ4v) is 2.35. The normalized spacial score (nSPS) is 15.2. The van der Waals surface area contributed by atoms with E-state index in [0.29, 0.717) is 6.42 Å². The minimum atomic E-state index is 0.0331. The average Bonchev–Trinajstić information content (AvgIpc) is 2.38. The minimum Gasteiger partial charge on any atom is -0.212 e. The lowest BCUT2D eigenvalue weighted by molar-refractivity contribution is 0.583. The van der Waals surface area contributed by atoms with Crippen molar-refractivity contribution < 1.29 is 4.39 Å². The highest BCUT2D eigenvalue weighted by molar-refractivity contribution is 5.28. The van der Waals surface area contributed by atoms with Crippen molar-refractivity contribution in [2.45, 2.75) is 45.4 Å². The van der Waals surface area contributed by atoms with E-state index in [1.165, 1.54) is 17.5 Å². The summed E-state index contributed by atoms with van der Waals surface area (Å²) in [5.41, 5.74) is 3.90. The lowest BCUT2D eigenvalue weighted by Gasteiger charge is -2.09. The first-order valence-electron chi connectivity index (χ1n) is 6.91. The summed E-state index contributed by atoms with van der Waals surface area (Å²) in [7, 11) is 0. The van der Waals surface area contributed by atoms with E-state index < -0.39 is 0 Å². The summed E-state index contributed by atoms with van der Waals surface area (Å²) >= 11 is 0. The van der Waals surface area contributed by atoms with Gasteiger partial charge in [0.25, 0.3) is 0 Å². The largest absolute Gasteiger partial charge is 0.212 e. The second-order valence-electron chi connectivity index (χ2n) is 4.98. The van der Waals surface area contributed by atoms with Gasteiger partial charge in [-0.1, -0.05) is 43.7 Å². The Morgan fingerprint density at radius 1 is 1.00 bits per heavy atom. The van der Waals surface area contributed by atoms with Gasteiger partial charge in [-0.05, 0) is 48.5 Å². The van der Waals surface area contributed by atoms with E-state index in [1.807, 2.05) is 0 Å². The van der Waals surface area contributed by atoms with Crippen molar-refractivity contribution in [1.82, 2.24) is 0 Å². The summed E-state index contributed by atoms with van der Waals surface area (Å²) in [5, 5.41) is 0. The molecule has 0 spiro atoms. The molecule has 0 aromatic heterocycles. The van der Waals surface area contributed by atoms with Crippen molar-refractivity contribution in [3.8, 4) is 0 Å². The van der Waals surface area contributed by atoms with Crippen LogP contribution >= 0.6 is 0 Å². The molecule has 18 heavy (non-hydrogen) atoms. The number of hydrogen-bond acceptors (Lipinski definition) is 0. The molecule has 0 N–H and O–H groups in total. The maximum absolute atomic E-state index is 13.1. The molecule has 0 fully saturated rings. The number of aryl methyl sites for hydroxylation is 2. The third-order valence-corrected chi connectivity index (χ3v) is 3.40.